The van der Waals surface area contributed by atoms with Crippen molar-refractivity contribution in [1.29, 1.82) is 0 Å². The number of carbonyl (C=O) groups excluding carboxylic acids is 1. The van der Waals surface area contributed by atoms with Crippen molar-refractivity contribution in [3.05, 3.63) is 140 Å². The van der Waals surface area contributed by atoms with Crippen LogP contribution in [-0.2, 0) is 28.9 Å². The molecule has 0 fully saturated rings. The third-order valence-electron chi connectivity index (χ3n) is 7.96. The summed E-state index contributed by atoms with van der Waals surface area (Å²) in [6.07, 6.45) is 0.501. The highest BCUT2D eigenvalue weighted by Gasteiger charge is 2.53. The van der Waals surface area contributed by atoms with Crippen molar-refractivity contribution in [3.8, 4) is 11.5 Å². The van der Waals surface area contributed by atoms with Crippen LogP contribution >= 0.6 is 15.9 Å². The smallest absolute Gasteiger partial charge is 0.252 e. The van der Waals surface area contributed by atoms with Gasteiger partial charge in [0.15, 0.2) is 11.6 Å². The molecule has 2 N–H and O–H groups in total. The zero-order chi connectivity index (χ0) is 33.1. The van der Waals surface area contributed by atoms with Gasteiger partial charge in [-0.25, -0.2) is 4.99 Å². The summed E-state index contributed by atoms with van der Waals surface area (Å²) >= 11 is 3.52. The fourth-order valence-corrected chi connectivity index (χ4v) is 5.84. The first-order chi connectivity index (χ1) is 23.0. The molecule has 4 aromatic carbocycles. The van der Waals surface area contributed by atoms with Crippen LogP contribution in [0.2, 0.25) is 0 Å². The summed E-state index contributed by atoms with van der Waals surface area (Å²) in [5.41, 5.74) is 11.7. The Labute approximate surface area is 282 Å². The van der Waals surface area contributed by atoms with Crippen molar-refractivity contribution >= 4 is 27.7 Å². The number of hydrogen-bond donors (Lipinski definition) is 2. The first kappa shape index (κ1) is 33.5. The highest BCUT2D eigenvalue weighted by atomic mass is 79.9. The number of aliphatic imine (C=N–C) groups is 1. The van der Waals surface area contributed by atoms with Crippen LogP contribution in [0.5, 0.6) is 11.5 Å². The standard InChI is InChI=1S/C36H36BrN5O5/c1-45-32-10-5-4-7-25(32)19-20-39-35(44)36(23-28-8-2-3-9-29(28)24-40-42-38)33(26-11-15-30(37)16-12-26)47-34(41-36)27-13-17-31(18-14-27)46-22-6-21-43/h2-5,7-18,33,43H,6,19-24H2,1H3,(H,39,44)/t33-,36-/m1/s1. The lowest BCUT2D eigenvalue weighted by Crippen LogP contribution is -2.50. The van der Waals surface area contributed by atoms with E-state index in [0.717, 1.165) is 32.5 Å². The molecule has 0 bridgehead atoms. The second-order valence-electron chi connectivity index (χ2n) is 11.0. The molecule has 0 saturated carbocycles. The van der Waals surface area contributed by atoms with Crippen molar-refractivity contribution in [3.63, 3.8) is 0 Å². The molecular formula is C36H36BrN5O5. The Morgan fingerprint density at radius 2 is 1.72 bits per heavy atom. The summed E-state index contributed by atoms with van der Waals surface area (Å²) in [5.74, 6) is 1.44. The number of ether oxygens (including phenoxy) is 3. The molecule has 0 aromatic heterocycles. The Kier molecular flexibility index (Phi) is 11.5. The van der Waals surface area contributed by atoms with Crippen molar-refractivity contribution in [2.24, 2.45) is 10.1 Å². The Morgan fingerprint density at radius 3 is 2.43 bits per heavy atom. The van der Waals surface area contributed by atoms with E-state index in [1.807, 2.05) is 97.1 Å². The number of para-hydroxylation sites is 1. The van der Waals surface area contributed by atoms with Gasteiger partial charge < -0.3 is 24.6 Å². The lowest BCUT2D eigenvalue weighted by molar-refractivity contribution is -0.128. The quantitative estimate of drug-likeness (QED) is 0.0603. The van der Waals surface area contributed by atoms with Crippen LogP contribution in [0, 0.1) is 0 Å². The van der Waals surface area contributed by atoms with Gasteiger partial charge in [0.25, 0.3) is 5.91 Å². The second kappa shape index (κ2) is 16.1. The molecule has 4 aromatic rings. The fourth-order valence-electron chi connectivity index (χ4n) is 5.58. The number of nitrogens with zero attached hydrogens (tertiary/aromatic N) is 4. The molecule has 5 rings (SSSR count). The van der Waals surface area contributed by atoms with Crippen LogP contribution in [0.15, 0.2) is 112 Å². The van der Waals surface area contributed by atoms with Gasteiger partial charge in [0.1, 0.15) is 11.5 Å². The van der Waals surface area contributed by atoms with Gasteiger partial charge in [0.2, 0.25) is 5.90 Å². The Morgan fingerprint density at radius 1 is 1.02 bits per heavy atom. The van der Waals surface area contributed by atoms with Gasteiger partial charge in [-0.1, -0.05) is 75.6 Å². The number of carbonyl (C=O) groups is 1. The molecule has 47 heavy (non-hydrogen) atoms. The molecule has 242 valence electrons. The number of azide groups is 1. The van der Waals surface area contributed by atoms with Gasteiger partial charge in [0, 0.05) is 40.9 Å². The maximum atomic E-state index is 14.6. The lowest BCUT2D eigenvalue weighted by atomic mass is 9.81. The van der Waals surface area contributed by atoms with E-state index in [0.29, 0.717) is 43.2 Å². The van der Waals surface area contributed by atoms with E-state index in [1.54, 1.807) is 7.11 Å². The van der Waals surface area contributed by atoms with Gasteiger partial charge in [0.05, 0.1) is 20.3 Å². The van der Waals surface area contributed by atoms with Gasteiger partial charge in [-0.3, -0.25) is 4.79 Å². The van der Waals surface area contributed by atoms with Crippen LogP contribution in [-0.4, -0.2) is 49.3 Å². The van der Waals surface area contributed by atoms with Crippen LogP contribution in [0.3, 0.4) is 0 Å². The van der Waals surface area contributed by atoms with Crippen molar-refractivity contribution in [2.75, 3.05) is 26.9 Å². The van der Waals surface area contributed by atoms with Crippen LogP contribution in [0.1, 0.15) is 40.3 Å². The molecular weight excluding hydrogens is 662 g/mol. The average molecular weight is 699 g/mol. The Bertz CT molecular complexity index is 1740. The molecule has 11 heteroatoms. The number of nitrogens with one attached hydrogen (secondary N) is 1. The number of aliphatic hydroxyl groups is 1. The van der Waals surface area contributed by atoms with E-state index in [-0.39, 0.29) is 25.5 Å². The fraction of sp³-hybridized carbons (Fsp3) is 0.278. The van der Waals surface area contributed by atoms with E-state index < -0.39 is 11.6 Å². The molecule has 10 nitrogen and oxygen atoms in total. The molecule has 0 spiro atoms. The lowest BCUT2D eigenvalue weighted by Gasteiger charge is -2.31. The highest BCUT2D eigenvalue weighted by molar-refractivity contribution is 9.10. The molecule has 2 atom stereocenters. The predicted octanol–water partition coefficient (Wildman–Crippen LogP) is 6.89. The third kappa shape index (κ3) is 8.13. The van der Waals surface area contributed by atoms with Gasteiger partial charge in [-0.05, 0) is 76.7 Å². The minimum atomic E-state index is -1.41. The highest BCUT2D eigenvalue weighted by Crippen LogP contribution is 2.43. The molecule has 1 amide bonds. The van der Waals surface area contributed by atoms with E-state index in [4.69, 9.17) is 29.8 Å². The average Bonchev–Trinajstić information content (AvgIpc) is 3.49. The molecule has 1 aliphatic heterocycles. The summed E-state index contributed by atoms with van der Waals surface area (Å²) in [6, 6.07) is 30.3. The summed E-state index contributed by atoms with van der Waals surface area (Å²) in [5, 5.41) is 16.0. The third-order valence-corrected chi connectivity index (χ3v) is 8.49. The van der Waals surface area contributed by atoms with Crippen molar-refractivity contribution < 1.29 is 24.1 Å². The van der Waals surface area contributed by atoms with Gasteiger partial charge >= 0.3 is 0 Å². The number of halogens is 1. The SMILES string of the molecule is COc1ccccc1CCNC(=O)[C@]1(Cc2ccccc2CN=[N+]=[N-])N=C(c2ccc(OCCCO)cc2)O[C@@H]1c1ccc(Br)cc1. The largest absolute Gasteiger partial charge is 0.496 e. The normalized spacial score (nSPS) is 16.8. The number of methoxy groups -OCH3 is 1. The van der Waals surface area contributed by atoms with Crippen LogP contribution in [0.4, 0.5) is 0 Å². The summed E-state index contributed by atoms with van der Waals surface area (Å²) in [4.78, 5) is 22.7. The Balaban J connectivity index is 1.56. The molecule has 0 aliphatic carbocycles. The summed E-state index contributed by atoms with van der Waals surface area (Å²) in [6.45, 7) is 0.928. The van der Waals surface area contributed by atoms with E-state index in [2.05, 4.69) is 31.3 Å². The van der Waals surface area contributed by atoms with E-state index in [9.17, 15) is 4.79 Å². The Hall–Kier alpha value is -4.83. The topological polar surface area (TPSA) is 138 Å². The van der Waals surface area contributed by atoms with Gasteiger partial charge in [-0.2, -0.15) is 0 Å². The minimum Gasteiger partial charge on any atom is -0.496 e. The summed E-state index contributed by atoms with van der Waals surface area (Å²) < 4.78 is 18.8. The van der Waals surface area contributed by atoms with Gasteiger partial charge in [-0.15, -0.1) is 0 Å². The minimum absolute atomic E-state index is 0.0508. The molecule has 1 heterocycles. The van der Waals surface area contributed by atoms with E-state index >= 15 is 0 Å². The second-order valence-corrected chi connectivity index (χ2v) is 11.9. The maximum absolute atomic E-state index is 14.6. The summed E-state index contributed by atoms with van der Waals surface area (Å²) in [7, 11) is 1.63. The van der Waals surface area contributed by atoms with Crippen LogP contribution < -0.4 is 14.8 Å². The molecule has 0 unspecified atom stereocenters. The zero-order valence-electron chi connectivity index (χ0n) is 26.0. The van der Waals surface area contributed by atoms with Crippen molar-refractivity contribution in [1.82, 2.24) is 5.32 Å². The van der Waals surface area contributed by atoms with Crippen molar-refractivity contribution in [2.45, 2.75) is 37.5 Å². The number of hydrogen-bond acceptors (Lipinski definition) is 7. The number of rotatable bonds is 15. The predicted molar refractivity (Wildman–Crippen MR) is 184 cm³/mol. The molecule has 0 saturated heterocycles. The first-order valence-corrected chi connectivity index (χ1v) is 16.1. The first-order valence-electron chi connectivity index (χ1n) is 15.3. The maximum Gasteiger partial charge on any atom is 0.252 e. The van der Waals surface area contributed by atoms with Crippen LogP contribution in [0.25, 0.3) is 10.4 Å². The molecule has 1 aliphatic rings. The monoisotopic (exact) mass is 697 g/mol. The molecule has 0 radical (unpaired) electrons. The zero-order valence-corrected chi connectivity index (χ0v) is 27.6. The number of aliphatic hydroxyl groups excluding tert-OH is 1. The number of benzene rings is 4. The number of amides is 1. The van der Waals surface area contributed by atoms with E-state index in [1.165, 1.54) is 0 Å².